The Labute approximate surface area is 118 Å². The molecule has 0 atom stereocenters. The molecule has 0 unspecified atom stereocenters. The second kappa shape index (κ2) is 6.98. The number of hydrogen-bond donors (Lipinski definition) is 1. The molecule has 0 aliphatic heterocycles. The van der Waals surface area contributed by atoms with Crippen molar-refractivity contribution in [1.82, 2.24) is 0 Å². The number of carbonyl (C=O) groups excluding carboxylic acids is 2. The summed E-state index contributed by atoms with van der Waals surface area (Å²) in [6.07, 6.45) is 0.737. The second-order valence-corrected chi connectivity index (χ2v) is 3.59. The van der Waals surface area contributed by atoms with Gasteiger partial charge in [0.2, 0.25) is 5.82 Å². The Hall–Kier alpha value is -2.97. The van der Waals surface area contributed by atoms with Crippen LogP contribution in [0.4, 0.5) is 15.8 Å². The van der Waals surface area contributed by atoms with Gasteiger partial charge in [-0.3, -0.25) is 10.1 Å². The number of nitro benzene ring substituents is 1. The zero-order chi connectivity index (χ0) is 16.0. The van der Waals surface area contributed by atoms with Crippen molar-refractivity contribution in [2.75, 3.05) is 19.5 Å². The van der Waals surface area contributed by atoms with Gasteiger partial charge in [0.25, 0.3) is 0 Å². The number of ether oxygens (including phenoxy) is 2. The van der Waals surface area contributed by atoms with Crippen LogP contribution in [0, 0.1) is 15.9 Å². The first-order valence-corrected chi connectivity index (χ1v) is 5.48. The van der Waals surface area contributed by atoms with Gasteiger partial charge in [0, 0.05) is 0 Å². The summed E-state index contributed by atoms with van der Waals surface area (Å²) < 4.78 is 22.2. The number of methoxy groups -OCH3 is 2. The number of hydrogen-bond acceptors (Lipinski definition) is 7. The molecule has 1 rings (SSSR count). The summed E-state index contributed by atoms with van der Waals surface area (Å²) in [7, 11) is 2.13. The van der Waals surface area contributed by atoms with E-state index in [-0.39, 0.29) is 5.69 Å². The lowest BCUT2D eigenvalue weighted by molar-refractivity contribution is -0.386. The smallest absolute Gasteiger partial charge is 0.354 e. The Bertz CT molecular complexity index is 614. The standard InChI is InChI=1S/C12H11FN2O6/c1-20-10(16)6-9(12(17)21-2)14-8-5-3-4-7(13)11(8)15(18)19/h3-6,14H,1-2H3/b9-6+. The molecule has 0 amide bonds. The molecule has 112 valence electrons. The number of para-hydroxylation sites is 1. The van der Waals surface area contributed by atoms with Crippen LogP contribution in [0.15, 0.2) is 30.0 Å². The maximum atomic E-state index is 13.5. The molecule has 0 bridgehead atoms. The van der Waals surface area contributed by atoms with E-state index < -0.39 is 34.1 Å². The van der Waals surface area contributed by atoms with Crippen LogP contribution in [0.5, 0.6) is 0 Å². The van der Waals surface area contributed by atoms with E-state index in [4.69, 9.17) is 0 Å². The molecule has 21 heavy (non-hydrogen) atoms. The van der Waals surface area contributed by atoms with E-state index in [1.807, 2.05) is 0 Å². The van der Waals surface area contributed by atoms with Crippen LogP contribution in [-0.2, 0) is 19.1 Å². The molecule has 0 fully saturated rings. The summed E-state index contributed by atoms with van der Waals surface area (Å²) in [5.41, 5.74) is -1.60. The molecule has 1 aromatic rings. The van der Waals surface area contributed by atoms with E-state index in [0.717, 1.165) is 26.4 Å². The van der Waals surface area contributed by atoms with Crippen LogP contribution in [0.25, 0.3) is 0 Å². The number of halogens is 1. The number of anilines is 1. The van der Waals surface area contributed by atoms with E-state index >= 15 is 0 Å². The lowest BCUT2D eigenvalue weighted by Crippen LogP contribution is -2.16. The maximum Gasteiger partial charge on any atom is 0.354 e. The van der Waals surface area contributed by atoms with Gasteiger partial charge in [0.1, 0.15) is 11.4 Å². The first kappa shape index (κ1) is 16.1. The molecule has 0 aliphatic carbocycles. The predicted octanol–water partition coefficient (Wildman–Crippen LogP) is 1.38. The van der Waals surface area contributed by atoms with Gasteiger partial charge in [0.05, 0.1) is 25.2 Å². The summed E-state index contributed by atoms with van der Waals surface area (Å²) in [6, 6.07) is 3.28. The number of esters is 2. The van der Waals surface area contributed by atoms with Crippen LogP contribution >= 0.6 is 0 Å². The Morgan fingerprint density at radius 3 is 2.52 bits per heavy atom. The number of nitro groups is 1. The minimum atomic E-state index is -1.09. The first-order valence-electron chi connectivity index (χ1n) is 5.48. The van der Waals surface area contributed by atoms with E-state index in [1.54, 1.807) is 0 Å². The fourth-order valence-corrected chi connectivity index (χ4v) is 1.38. The van der Waals surface area contributed by atoms with Crippen molar-refractivity contribution >= 4 is 23.3 Å². The van der Waals surface area contributed by atoms with E-state index in [2.05, 4.69) is 14.8 Å². The number of benzene rings is 1. The molecule has 9 heteroatoms. The molecule has 0 saturated heterocycles. The van der Waals surface area contributed by atoms with Crippen molar-refractivity contribution in [2.45, 2.75) is 0 Å². The summed E-state index contributed by atoms with van der Waals surface area (Å²) in [4.78, 5) is 32.6. The Morgan fingerprint density at radius 1 is 1.33 bits per heavy atom. The number of nitrogens with one attached hydrogen (secondary N) is 1. The highest BCUT2D eigenvalue weighted by Crippen LogP contribution is 2.28. The van der Waals surface area contributed by atoms with Crippen LogP contribution in [0.2, 0.25) is 0 Å². The molecule has 8 nitrogen and oxygen atoms in total. The topological polar surface area (TPSA) is 108 Å². The fraction of sp³-hybridized carbons (Fsp3) is 0.167. The first-order chi connectivity index (χ1) is 9.90. The zero-order valence-electron chi connectivity index (χ0n) is 11.1. The van der Waals surface area contributed by atoms with Crippen molar-refractivity contribution in [1.29, 1.82) is 0 Å². The van der Waals surface area contributed by atoms with Crippen molar-refractivity contribution in [2.24, 2.45) is 0 Å². The van der Waals surface area contributed by atoms with Crippen molar-refractivity contribution in [3.05, 3.63) is 45.9 Å². The molecule has 1 aromatic carbocycles. The summed E-state index contributed by atoms with van der Waals surface area (Å²) >= 11 is 0. The van der Waals surface area contributed by atoms with Gasteiger partial charge >= 0.3 is 17.6 Å². The second-order valence-electron chi connectivity index (χ2n) is 3.59. The van der Waals surface area contributed by atoms with E-state index in [1.165, 1.54) is 12.1 Å². The van der Waals surface area contributed by atoms with E-state index in [0.29, 0.717) is 0 Å². The quantitative estimate of drug-likeness (QED) is 0.378. The lowest BCUT2D eigenvalue weighted by atomic mass is 10.2. The van der Waals surface area contributed by atoms with Crippen LogP contribution in [-0.4, -0.2) is 31.1 Å². The molecule has 0 radical (unpaired) electrons. The monoisotopic (exact) mass is 298 g/mol. The Morgan fingerprint density at radius 2 is 2.00 bits per heavy atom. The predicted molar refractivity (Wildman–Crippen MR) is 68.8 cm³/mol. The highest BCUT2D eigenvalue weighted by Gasteiger charge is 2.22. The summed E-state index contributed by atoms with van der Waals surface area (Å²) in [5.74, 6) is -2.95. The molecular weight excluding hydrogens is 287 g/mol. The van der Waals surface area contributed by atoms with Gasteiger partial charge in [-0.15, -0.1) is 0 Å². The molecule has 1 N–H and O–H groups in total. The van der Waals surface area contributed by atoms with Gasteiger partial charge in [-0.2, -0.15) is 4.39 Å². The van der Waals surface area contributed by atoms with Crippen LogP contribution < -0.4 is 5.32 Å². The van der Waals surface area contributed by atoms with Crippen LogP contribution in [0.1, 0.15) is 0 Å². The van der Waals surface area contributed by atoms with Gasteiger partial charge in [0.15, 0.2) is 0 Å². The normalized spacial score (nSPS) is 10.7. The average molecular weight is 298 g/mol. The third-order valence-electron chi connectivity index (χ3n) is 2.31. The molecule has 0 heterocycles. The summed E-state index contributed by atoms with van der Waals surface area (Å²) in [6.45, 7) is 0. The van der Waals surface area contributed by atoms with E-state index in [9.17, 15) is 24.1 Å². The SMILES string of the molecule is COC(=O)/C=C(/Nc1cccc(F)c1[N+](=O)[O-])C(=O)OC. The van der Waals surface area contributed by atoms with Crippen molar-refractivity contribution in [3.8, 4) is 0 Å². The number of nitrogens with zero attached hydrogens (tertiary/aromatic N) is 1. The van der Waals surface area contributed by atoms with Gasteiger partial charge in [-0.05, 0) is 12.1 Å². The molecule has 0 saturated carbocycles. The summed E-state index contributed by atoms with van der Waals surface area (Å²) in [5, 5.41) is 13.1. The highest BCUT2D eigenvalue weighted by atomic mass is 19.1. The van der Waals surface area contributed by atoms with Gasteiger partial charge in [-0.25, -0.2) is 9.59 Å². The lowest BCUT2D eigenvalue weighted by Gasteiger charge is -2.09. The van der Waals surface area contributed by atoms with Crippen molar-refractivity contribution in [3.63, 3.8) is 0 Å². The minimum absolute atomic E-state index is 0.305. The molecule has 0 aliphatic rings. The third kappa shape index (κ3) is 4.00. The molecular formula is C12H11FN2O6. The minimum Gasteiger partial charge on any atom is -0.466 e. The maximum absolute atomic E-state index is 13.5. The third-order valence-corrected chi connectivity index (χ3v) is 2.31. The Balaban J connectivity index is 3.25. The largest absolute Gasteiger partial charge is 0.466 e. The molecule has 0 spiro atoms. The van der Waals surface area contributed by atoms with Gasteiger partial charge in [-0.1, -0.05) is 6.07 Å². The number of carbonyl (C=O) groups is 2. The number of rotatable bonds is 5. The zero-order valence-corrected chi connectivity index (χ0v) is 11.1. The average Bonchev–Trinajstić information content (AvgIpc) is 2.45. The van der Waals surface area contributed by atoms with Gasteiger partial charge < -0.3 is 14.8 Å². The van der Waals surface area contributed by atoms with Crippen LogP contribution in [0.3, 0.4) is 0 Å². The molecule has 0 aromatic heterocycles. The Kier molecular flexibility index (Phi) is 5.35. The fourth-order valence-electron chi connectivity index (χ4n) is 1.38. The highest BCUT2D eigenvalue weighted by molar-refractivity contribution is 5.99. The van der Waals surface area contributed by atoms with Crippen molar-refractivity contribution < 1.29 is 28.4 Å².